The Morgan fingerprint density at radius 3 is 2.83 bits per heavy atom. The van der Waals surface area contributed by atoms with Gasteiger partial charge in [-0.15, -0.1) is 12.4 Å². The maximum atomic E-state index is 10.8. The number of halogens is 1. The van der Waals surface area contributed by atoms with Gasteiger partial charge in [-0.3, -0.25) is 4.79 Å². The van der Waals surface area contributed by atoms with Crippen LogP contribution >= 0.6 is 12.4 Å². The monoisotopic (exact) mass is 270 g/mol. The molecule has 4 N–H and O–H groups in total. The Bertz CT molecular complexity index is 406. The lowest BCUT2D eigenvalue weighted by atomic mass is 9.90. The molecule has 1 aliphatic rings. The molecule has 1 aliphatic heterocycles. The molecule has 0 saturated carbocycles. The first-order valence-electron chi connectivity index (χ1n) is 5.95. The molecule has 5 heteroatoms. The number of carboxylic acids is 1. The van der Waals surface area contributed by atoms with Gasteiger partial charge in [0, 0.05) is 6.54 Å². The topological polar surface area (TPSA) is 75.3 Å². The maximum Gasteiger partial charge on any atom is 0.320 e. The van der Waals surface area contributed by atoms with Crippen LogP contribution in [0, 0.1) is 0 Å². The van der Waals surface area contributed by atoms with Crippen LogP contribution in [0.3, 0.4) is 0 Å². The lowest BCUT2D eigenvalue weighted by molar-refractivity contribution is -0.138. The van der Waals surface area contributed by atoms with E-state index in [2.05, 4.69) is 11.4 Å². The van der Waals surface area contributed by atoms with E-state index in [1.54, 1.807) is 0 Å². The van der Waals surface area contributed by atoms with Crippen LogP contribution in [0.25, 0.3) is 0 Å². The molecule has 0 radical (unpaired) electrons. The summed E-state index contributed by atoms with van der Waals surface area (Å²) in [6, 6.07) is 7.20. The molecule has 4 nitrogen and oxygen atoms in total. The fraction of sp³-hybridized carbons (Fsp3) is 0.462. The van der Waals surface area contributed by atoms with E-state index < -0.39 is 12.0 Å². The highest BCUT2D eigenvalue weighted by Gasteiger charge is 2.21. The summed E-state index contributed by atoms with van der Waals surface area (Å²) in [6.45, 7) is 2.00. The van der Waals surface area contributed by atoms with E-state index in [0.717, 1.165) is 25.1 Å². The van der Waals surface area contributed by atoms with Crippen LogP contribution in [-0.2, 0) is 11.2 Å². The Balaban J connectivity index is 0.00000162. The molecule has 0 amide bonds. The van der Waals surface area contributed by atoms with Crippen LogP contribution in [0.15, 0.2) is 24.3 Å². The fourth-order valence-electron chi connectivity index (χ4n) is 2.36. The Morgan fingerprint density at radius 1 is 1.50 bits per heavy atom. The largest absolute Gasteiger partial charge is 0.480 e. The number of rotatable bonds is 4. The molecule has 18 heavy (non-hydrogen) atoms. The third-order valence-corrected chi connectivity index (χ3v) is 3.31. The lowest BCUT2D eigenvalue weighted by Gasteiger charge is -2.16. The summed E-state index contributed by atoms with van der Waals surface area (Å²) >= 11 is 0. The van der Waals surface area contributed by atoms with Crippen molar-refractivity contribution in [3.63, 3.8) is 0 Å². The second-order valence-electron chi connectivity index (χ2n) is 4.54. The minimum absolute atomic E-state index is 0. The van der Waals surface area contributed by atoms with E-state index in [0.29, 0.717) is 12.3 Å². The number of carbonyl (C=O) groups is 1. The summed E-state index contributed by atoms with van der Waals surface area (Å²) in [5, 5.41) is 12.2. The zero-order valence-corrected chi connectivity index (χ0v) is 11.0. The number of carboxylic acid groups (broad SMARTS) is 1. The Kier molecular flexibility index (Phi) is 5.59. The van der Waals surface area contributed by atoms with Gasteiger partial charge in [0.25, 0.3) is 0 Å². The van der Waals surface area contributed by atoms with Crippen LogP contribution in [0.5, 0.6) is 0 Å². The second-order valence-corrected chi connectivity index (χ2v) is 4.54. The molecule has 2 rings (SSSR count). The molecule has 1 aromatic rings. The Hall–Kier alpha value is -1.10. The first kappa shape index (κ1) is 15.0. The van der Waals surface area contributed by atoms with Gasteiger partial charge in [0.2, 0.25) is 0 Å². The molecule has 100 valence electrons. The second kappa shape index (κ2) is 6.73. The van der Waals surface area contributed by atoms with E-state index >= 15 is 0 Å². The summed E-state index contributed by atoms with van der Waals surface area (Å²) in [5.41, 5.74) is 7.91. The molecule has 1 fully saturated rings. The first-order valence-corrected chi connectivity index (χ1v) is 5.95. The highest BCUT2D eigenvalue weighted by molar-refractivity contribution is 5.85. The number of nitrogens with one attached hydrogen (secondary N) is 1. The molecular formula is C13H19ClN2O2. The third-order valence-electron chi connectivity index (χ3n) is 3.31. The predicted octanol–water partition coefficient (Wildman–Crippen LogP) is 1.14. The van der Waals surface area contributed by atoms with Gasteiger partial charge in [0.15, 0.2) is 0 Å². The molecule has 2 unspecified atom stereocenters. The van der Waals surface area contributed by atoms with Gasteiger partial charge in [-0.25, -0.2) is 0 Å². The predicted molar refractivity (Wildman–Crippen MR) is 73.2 cm³/mol. The first-order chi connectivity index (χ1) is 8.18. The van der Waals surface area contributed by atoms with Gasteiger partial charge in [-0.2, -0.15) is 0 Å². The van der Waals surface area contributed by atoms with Crippen molar-refractivity contribution in [2.75, 3.05) is 13.1 Å². The summed E-state index contributed by atoms with van der Waals surface area (Å²) in [6.07, 6.45) is 1.52. The van der Waals surface area contributed by atoms with Gasteiger partial charge in [-0.1, -0.05) is 24.3 Å². The highest BCUT2D eigenvalue weighted by Crippen LogP contribution is 2.26. The van der Waals surface area contributed by atoms with Gasteiger partial charge < -0.3 is 16.2 Å². The molecular weight excluding hydrogens is 252 g/mol. The van der Waals surface area contributed by atoms with Crippen LogP contribution in [-0.4, -0.2) is 30.2 Å². The molecule has 0 aromatic heterocycles. The average molecular weight is 271 g/mol. The number of benzene rings is 1. The van der Waals surface area contributed by atoms with Crippen LogP contribution in [0.4, 0.5) is 0 Å². The minimum atomic E-state index is -0.940. The Labute approximate surface area is 113 Å². The van der Waals surface area contributed by atoms with Crippen molar-refractivity contribution < 1.29 is 9.90 Å². The van der Waals surface area contributed by atoms with Gasteiger partial charge in [-0.05, 0) is 36.4 Å². The van der Waals surface area contributed by atoms with Crippen LogP contribution < -0.4 is 11.1 Å². The standard InChI is InChI=1S/C13H18N2O2.ClH/c14-12(13(16)17)7-9-3-1-2-4-11(9)10-5-6-15-8-10;/h1-4,10,12,15H,5-8,14H2,(H,16,17);1H. The minimum Gasteiger partial charge on any atom is -0.480 e. The smallest absolute Gasteiger partial charge is 0.320 e. The molecule has 1 aromatic carbocycles. The third kappa shape index (κ3) is 3.45. The normalized spacial score (nSPS) is 20.2. The summed E-state index contributed by atoms with van der Waals surface area (Å²) in [7, 11) is 0. The van der Waals surface area contributed by atoms with Crippen LogP contribution in [0.1, 0.15) is 23.5 Å². The number of hydrogen-bond donors (Lipinski definition) is 3. The van der Waals surface area contributed by atoms with Crippen molar-refractivity contribution in [2.24, 2.45) is 5.73 Å². The Morgan fingerprint density at radius 2 is 2.22 bits per heavy atom. The maximum absolute atomic E-state index is 10.8. The van der Waals surface area contributed by atoms with Gasteiger partial charge in [0.05, 0.1) is 0 Å². The van der Waals surface area contributed by atoms with Crippen molar-refractivity contribution >= 4 is 18.4 Å². The van der Waals surface area contributed by atoms with Gasteiger partial charge in [0.1, 0.15) is 6.04 Å². The molecule has 0 bridgehead atoms. The summed E-state index contributed by atoms with van der Waals surface area (Å²) in [4.78, 5) is 10.8. The summed E-state index contributed by atoms with van der Waals surface area (Å²) < 4.78 is 0. The molecule has 2 atom stereocenters. The van der Waals surface area contributed by atoms with Crippen molar-refractivity contribution in [2.45, 2.75) is 24.8 Å². The van der Waals surface area contributed by atoms with Crippen molar-refractivity contribution in [1.29, 1.82) is 0 Å². The molecule has 0 aliphatic carbocycles. The number of hydrogen-bond acceptors (Lipinski definition) is 3. The number of nitrogens with two attached hydrogens (primary N) is 1. The van der Waals surface area contributed by atoms with E-state index in [-0.39, 0.29) is 12.4 Å². The van der Waals surface area contributed by atoms with E-state index in [9.17, 15) is 4.79 Å². The van der Waals surface area contributed by atoms with Crippen LogP contribution in [0.2, 0.25) is 0 Å². The average Bonchev–Trinajstić information content (AvgIpc) is 2.83. The van der Waals surface area contributed by atoms with Crippen molar-refractivity contribution in [3.8, 4) is 0 Å². The lowest BCUT2D eigenvalue weighted by Crippen LogP contribution is -2.32. The van der Waals surface area contributed by atoms with Gasteiger partial charge >= 0.3 is 5.97 Å². The van der Waals surface area contributed by atoms with E-state index in [1.165, 1.54) is 5.56 Å². The molecule has 1 saturated heterocycles. The molecule has 1 heterocycles. The number of aliphatic carboxylic acids is 1. The van der Waals surface area contributed by atoms with Crippen molar-refractivity contribution in [1.82, 2.24) is 5.32 Å². The fourth-order valence-corrected chi connectivity index (χ4v) is 2.36. The van der Waals surface area contributed by atoms with E-state index in [4.69, 9.17) is 10.8 Å². The molecule has 0 spiro atoms. The zero-order chi connectivity index (χ0) is 12.3. The van der Waals surface area contributed by atoms with Crippen molar-refractivity contribution in [3.05, 3.63) is 35.4 Å². The highest BCUT2D eigenvalue weighted by atomic mass is 35.5. The van der Waals surface area contributed by atoms with E-state index in [1.807, 2.05) is 18.2 Å². The SMILES string of the molecule is Cl.NC(Cc1ccccc1C1CCNC1)C(=O)O. The quantitative estimate of drug-likeness (QED) is 0.767. The summed E-state index contributed by atoms with van der Waals surface area (Å²) in [5.74, 6) is -0.448. The zero-order valence-electron chi connectivity index (χ0n) is 10.1.